The second-order valence-electron chi connectivity index (χ2n) is 6.26. The summed E-state index contributed by atoms with van der Waals surface area (Å²) >= 11 is 0. The lowest BCUT2D eigenvalue weighted by molar-refractivity contribution is -0.144. The van der Waals surface area contributed by atoms with Crippen molar-refractivity contribution in [2.45, 2.75) is 51.4 Å². The summed E-state index contributed by atoms with van der Waals surface area (Å²) in [4.78, 5) is 58.1. The molecule has 0 saturated heterocycles. The van der Waals surface area contributed by atoms with E-state index in [0.717, 1.165) is 0 Å². The summed E-state index contributed by atoms with van der Waals surface area (Å²) in [6.07, 6.45) is -0.832. The van der Waals surface area contributed by atoms with Gasteiger partial charge >= 0.3 is 11.9 Å². The molecule has 154 valence electrons. The molecular formula is C15H26N4O8. The molecule has 0 aliphatic rings. The van der Waals surface area contributed by atoms with Gasteiger partial charge in [0.2, 0.25) is 17.7 Å². The van der Waals surface area contributed by atoms with Crippen LogP contribution in [0.3, 0.4) is 0 Å². The van der Waals surface area contributed by atoms with Crippen molar-refractivity contribution in [1.82, 2.24) is 16.0 Å². The average Bonchev–Trinajstić information content (AvgIpc) is 2.54. The van der Waals surface area contributed by atoms with Gasteiger partial charge in [-0.25, -0.2) is 4.79 Å². The van der Waals surface area contributed by atoms with Crippen molar-refractivity contribution in [1.29, 1.82) is 0 Å². The molecule has 0 heterocycles. The summed E-state index contributed by atoms with van der Waals surface area (Å²) in [5.41, 5.74) is 5.34. The number of amides is 3. The Hall–Kier alpha value is -2.73. The number of aliphatic carboxylic acids is 2. The highest BCUT2D eigenvalue weighted by molar-refractivity contribution is 5.95. The fourth-order valence-electron chi connectivity index (χ4n) is 1.92. The number of hydrogen-bond acceptors (Lipinski definition) is 7. The molecule has 4 atom stereocenters. The quantitative estimate of drug-likeness (QED) is 0.191. The Morgan fingerprint density at radius 2 is 1.33 bits per heavy atom. The third kappa shape index (κ3) is 8.46. The minimum absolute atomic E-state index is 0.497. The van der Waals surface area contributed by atoms with Crippen LogP contribution in [0.4, 0.5) is 0 Å². The third-order valence-corrected chi connectivity index (χ3v) is 3.47. The lowest BCUT2D eigenvalue weighted by Crippen LogP contribution is -2.58. The third-order valence-electron chi connectivity index (χ3n) is 3.47. The van der Waals surface area contributed by atoms with E-state index < -0.39 is 72.8 Å². The van der Waals surface area contributed by atoms with Crippen LogP contribution >= 0.6 is 0 Å². The van der Waals surface area contributed by atoms with E-state index in [1.54, 1.807) is 0 Å². The summed E-state index contributed by atoms with van der Waals surface area (Å²) in [5, 5.41) is 33.7. The second-order valence-corrected chi connectivity index (χ2v) is 6.26. The van der Waals surface area contributed by atoms with Gasteiger partial charge in [-0.1, -0.05) is 13.8 Å². The molecule has 4 unspecified atom stereocenters. The first kappa shape index (κ1) is 24.3. The van der Waals surface area contributed by atoms with Gasteiger partial charge in [0, 0.05) is 0 Å². The molecule has 0 radical (unpaired) electrons. The van der Waals surface area contributed by atoms with E-state index in [4.69, 9.17) is 15.9 Å². The maximum absolute atomic E-state index is 12.3. The molecule has 12 nitrogen and oxygen atoms in total. The predicted octanol–water partition coefficient (Wildman–Crippen LogP) is -3.00. The van der Waals surface area contributed by atoms with Crippen LogP contribution in [-0.2, 0) is 24.0 Å². The molecule has 0 aliphatic heterocycles. The van der Waals surface area contributed by atoms with Crippen molar-refractivity contribution in [3.05, 3.63) is 0 Å². The SMILES string of the molecule is CC(N)C(=O)NC(CO)C(=O)NC(CC(=O)O)C(=O)NC(C(=O)O)C(C)C. The zero-order valence-electron chi connectivity index (χ0n) is 15.3. The first-order valence-electron chi connectivity index (χ1n) is 8.12. The Kier molecular flexibility index (Phi) is 9.96. The van der Waals surface area contributed by atoms with E-state index >= 15 is 0 Å². The molecule has 0 spiro atoms. The molecule has 27 heavy (non-hydrogen) atoms. The molecule has 0 bridgehead atoms. The number of aliphatic hydroxyl groups excluding tert-OH is 1. The van der Waals surface area contributed by atoms with Gasteiger partial charge in [-0.05, 0) is 12.8 Å². The van der Waals surface area contributed by atoms with Crippen molar-refractivity contribution in [2.75, 3.05) is 6.61 Å². The molecule has 3 amide bonds. The summed E-state index contributed by atoms with van der Waals surface area (Å²) in [7, 11) is 0. The van der Waals surface area contributed by atoms with Gasteiger partial charge in [-0.2, -0.15) is 0 Å². The van der Waals surface area contributed by atoms with Gasteiger partial charge in [0.05, 0.1) is 19.1 Å². The number of carboxylic acids is 2. The second kappa shape index (κ2) is 11.1. The lowest BCUT2D eigenvalue weighted by Gasteiger charge is -2.24. The Morgan fingerprint density at radius 3 is 1.70 bits per heavy atom. The zero-order chi connectivity index (χ0) is 21.3. The van der Waals surface area contributed by atoms with Crippen molar-refractivity contribution in [3.8, 4) is 0 Å². The van der Waals surface area contributed by atoms with Crippen LogP contribution in [0, 0.1) is 5.92 Å². The molecule has 0 rings (SSSR count). The minimum atomic E-state index is -1.61. The maximum Gasteiger partial charge on any atom is 0.326 e. The van der Waals surface area contributed by atoms with Crippen molar-refractivity contribution >= 4 is 29.7 Å². The van der Waals surface area contributed by atoms with Crippen molar-refractivity contribution in [3.63, 3.8) is 0 Å². The fraction of sp³-hybridized carbons (Fsp3) is 0.667. The van der Waals surface area contributed by atoms with Crippen molar-refractivity contribution in [2.24, 2.45) is 11.7 Å². The number of nitrogens with two attached hydrogens (primary N) is 1. The molecule has 0 saturated carbocycles. The molecule has 8 N–H and O–H groups in total. The molecule has 0 fully saturated rings. The Bertz CT molecular complexity index is 578. The first-order chi connectivity index (χ1) is 12.4. The summed E-state index contributed by atoms with van der Waals surface area (Å²) in [6, 6.07) is -5.34. The van der Waals surface area contributed by atoms with Crippen LogP contribution in [-0.4, -0.2) is 75.8 Å². The van der Waals surface area contributed by atoms with Gasteiger partial charge in [0.15, 0.2) is 0 Å². The van der Waals surface area contributed by atoms with Crippen LogP contribution in [0.15, 0.2) is 0 Å². The molecule has 0 aromatic rings. The van der Waals surface area contributed by atoms with E-state index in [-0.39, 0.29) is 0 Å². The normalized spacial score (nSPS) is 15.2. The van der Waals surface area contributed by atoms with Crippen LogP contribution < -0.4 is 21.7 Å². The van der Waals surface area contributed by atoms with Gasteiger partial charge in [0.25, 0.3) is 0 Å². The summed E-state index contributed by atoms with van der Waals surface area (Å²) in [6.45, 7) is 3.60. The first-order valence-corrected chi connectivity index (χ1v) is 8.12. The van der Waals surface area contributed by atoms with Gasteiger partial charge in [-0.15, -0.1) is 0 Å². The van der Waals surface area contributed by atoms with E-state index in [1.807, 2.05) is 0 Å². The summed E-state index contributed by atoms with van der Waals surface area (Å²) < 4.78 is 0. The highest BCUT2D eigenvalue weighted by atomic mass is 16.4. The zero-order valence-corrected chi connectivity index (χ0v) is 15.3. The highest BCUT2D eigenvalue weighted by Crippen LogP contribution is 2.04. The van der Waals surface area contributed by atoms with E-state index in [9.17, 15) is 29.1 Å². The van der Waals surface area contributed by atoms with Crippen molar-refractivity contribution < 1.29 is 39.3 Å². The van der Waals surface area contributed by atoms with Crippen LogP contribution in [0.2, 0.25) is 0 Å². The Balaban J connectivity index is 5.25. The van der Waals surface area contributed by atoms with Gasteiger partial charge in [-0.3, -0.25) is 19.2 Å². The maximum atomic E-state index is 12.3. The van der Waals surface area contributed by atoms with E-state index in [1.165, 1.54) is 20.8 Å². The largest absolute Gasteiger partial charge is 0.481 e. The highest BCUT2D eigenvalue weighted by Gasteiger charge is 2.32. The standard InChI is InChI=1S/C15H26N4O8/c1-6(2)11(15(26)27)19-13(24)8(4-10(21)22)17-14(25)9(5-20)18-12(23)7(3)16/h6-9,11,20H,4-5,16H2,1-3H3,(H,17,25)(H,18,23)(H,19,24)(H,21,22)(H,26,27). The number of carbonyl (C=O) groups is 5. The smallest absolute Gasteiger partial charge is 0.326 e. The number of carboxylic acid groups (broad SMARTS) is 2. The lowest BCUT2D eigenvalue weighted by atomic mass is 10.0. The van der Waals surface area contributed by atoms with E-state index in [0.29, 0.717) is 0 Å². The Morgan fingerprint density at radius 1 is 0.852 bits per heavy atom. The topological polar surface area (TPSA) is 208 Å². The predicted molar refractivity (Wildman–Crippen MR) is 91.3 cm³/mol. The minimum Gasteiger partial charge on any atom is -0.481 e. The molecule has 0 aromatic heterocycles. The van der Waals surface area contributed by atoms with Crippen LogP contribution in [0.1, 0.15) is 27.2 Å². The number of rotatable bonds is 11. The fourth-order valence-corrected chi connectivity index (χ4v) is 1.92. The van der Waals surface area contributed by atoms with Gasteiger partial charge in [0.1, 0.15) is 18.1 Å². The number of nitrogens with one attached hydrogen (secondary N) is 3. The summed E-state index contributed by atoms with van der Waals surface area (Å²) in [5.74, 6) is -6.04. The molecule has 0 aliphatic carbocycles. The van der Waals surface area contributed by atoms with E-state index in [2.05, 4.69) is 16.0 Å². The number of aliphatic hydroxyl groups is 1. The van der Waals surface area contributed by atoms with Crippen LogP contribution in [0.25, 0.3) is 0 Å². The van der Waals surface area contributed by atoms with Crippen LogP contribution in [0.5, 0.6) is 0 Å². The number of hydrogen-bond donors (Lipinski definition) is 7. The van der Waals surface area contributed by atoms with Gasteiger partial charge < -0.3 is 37.0 Å². The number of carbonyl (C=O) groups excluding carboxylic acids is 3. The monoisotopic (exact) mass is 390 g/mol. The molecular weight excluding hydrogens is 364 g/mol. The molecule has 12 heteroatoms. The Labute approximate surface area is 155 Å². The molecule has 0 aromatic carbocycles. The average molecular weight is 390 g/mol.